The van der Waals surface area contributed by atoms with Crippen molar-refractivity contribution >= 4 is 21.6 Å². The van der Waals surface area contributed by atoms with Gasteiger partial charge in [0, 0.05) is 18.7 Å². The largest absolute Gasteiger partial charge is 0.497 e. The minimum atomic E-state index is -3.12. The number of nitrogens with zero attached hydrogens (tertiary/aromatic N) is 3. The molecule has 3 aromatic rings. The van der Waals surface area contributed by atoms with E-state index < -0.39 is 9.84 Å². The van der Waals surface area contributed by atoms with Crippen LogP contribution in [0.1, 0.15) is 17.7 Å². The number of carbonyl (C=O) groups is 1. The summed E-state index contributed by atoms with van der Waals surface area (Å²) in [6.07, 6.45) is 0.485. The van der Waals surface area contributed by atoms with E-state index in [1.807, 2.05) is 29.2 Å². The summed E-state index contributed by atoms with van der Waals surface area (Å²) >= 11 is 0. The molecule has 1 saturated heterocycles. The van der Waals surface area contributed by atoms with Crippen LogP contribution in [0.5, 0.6) is 5.75 Å². The van der Waals surface area contributed by atoms with Crippen molar-refractivity contribution < 1.29 is 22.3 Å². The number of methoxy groups -OCH3 is 1. The summed E-state index contributed by atoms with van der Waals surface area (Å²) in [4.78, 5) is 15.0. The Hall–Kier alpha value is -3.24. The van der Waals surface area contributed by atoms with Gasteiger partial charge in [0.25, 0.3) is 0 Å². The molecular weight excluding hydrogens is 459 g/mol. The van der Waals surface area contributed by atoms with Gasteiger partial charge in [-0.3, -0.25) is 9.69 Å². The highest BCUT2D eigenvalue weighted by Crippen LogP contribution is 2.22. The fourth-order valence-corrected chi connectivity index (χ4v) is 5.84. The summed E-state index contributed by atoms with van der Waals surface area (Å²) in [5, 5.41) is 7.28. The number of nitrogens with one attached hydrogen (secondary N) is 1. The van der Waals surface area contributed by atoms with Crippen LogP contribution >= 0.6 is 0 Å². The summed E-state index contributed by atoms with van der Waals surface area (Å²) in [5.41, 5.74) is 2.25. The first kappa shape index (κ1) is 23.9. The summed E-state index contributed by atoms with van der Waals surface area (Å²) in [7, 11) is -1.53. The van der Waals surface area contributed by atoms with E-state index in [4.69, 9.17) is 4.74 Å². The number of carbonyl (C=O) groups excluding carboxylic acids is 1. The third kappa shape index (κ3) is 5.81. The number of benzene rings is 2. The molecule has 10 heteroatoms. The average molecular weight is 487 g/mol. The standard InChI is InChI=1S/C24H27FN4O4S/c1-17-13-23(29(27-17)20-7-5-19(25)6-8-20)26-24(30)15-28(21-11-12-34(31,32)16-21)14-18-3-9-22(33-2)10-4-18/h3-10,13,21H,11-12,14-16H2,1-2H3,(H,26,30). The fraction of sp³-hybridized carbons (Fsp3) is 0.333. The predicted molar refractivity (Wildman–Crippen MR) is 127 cm³/mol. The Bertz CT molecular complexity index is 1260. The van der Waals surface area contributed by atoms with Crippen molar-refractivity contribution in [3.8, 4) is 11.4 Å². The molecule has 2 heterocycles. The van der Waals surface area contributed by atoms with Gasteiger partial charge in [0.1, 0.15) is 17.4 Å². The maximum Gasteiger partial charge on any atom is 0.239 e. The van der Waals surface area contributed by atoms with Gasteiger partial charge in [-0.1, -0.05) is 12.1 Å². The van der Waals surface area contributed by atoms with Crippen LogP contribution in [-0.4, -0.2) is 60.2 Å². The Morgan fingerprint density at radius 1 is 1.21 bits per heavy atom. The minimum absolute atomic E-state index is 0.0138. The van der Waals surface area contributed by atoms with E-state index in [9.17, 15) is 17.6 Å². The van der Waals surface area contributed by atoms with Crippen molar-refractivity contribution in [2.75, 3.05) is 30.5 Å². The molecule has 34 heavy (non-hydrogen) atoms. The Balaban J connectivity index is 1.52. The van der Waals surface area contributed by atoms with Gasteiger partial charge in [-0.15, -0.1) is 0 Å². The van der Waals surface area contributed by atoms with Gasteiger partial charge in [0.15, 0.2) is 9.84 Å². The number of hydrogen-bond donors (Lipinski definition) is 1. The molecule has 0 radical (unpaired) electrons. The van der Waals surface area contributed by atoms with Crippen molar-refractivity contribution in [2.45, 2.75) is 25.9 Å². The van der Waals surface area contributed by atoms with Crippen LogP contribution in [0.3, 0.4) is 0 Å². The molecule has 1 amide bonds. The number of anilines is 1. The lowest BCUT2D eigenvalue weighted by Gasteiger charge is -2.27. The van der Waals surface area contributed by atoms with Crippen molar-refractivity contribution in [3.05, 3.63) is 71.7 Å². The third-order valence-electron chi connectivity index (χ3n) is 5.79. The quantitative estimate of drug-likeness (QED) is 0.526. The van der Waals surface area contributed by atoms with E-state index in [0.717, 1.165) is 11.3 Å². The Morgan fingerprint density at radius 2 is 1.91 bits per heavy atom. The van der Waals surface area contributed by atoms with E-state index in [1.165, 1.54) is 12.1 Å². The first-order valence-corrected chi connectivity index (χ1v) is 12.7. The second kappa shape index (κ2) is 9.94. The van der Waals surface area contributed by atoms with Gasteiger partial charge in [-0.25, -0.2) is 17.5 Å². The molecule has 1 aliphatic rings. The summed E-state index contributed by atoms with van der Waals surface area (Å²) in [5.74, 6) is 0.677. The maximum atomic E-state index is 13.3. The van der Waals surface area contributed by atoms with Gasteiger partial charge in [-0.05, 0) is 55.3 Å². The van der Waals surface area contributed by atoms with Crippen LogP contribution in [0.4, 0.5) is 10.2 Å². The lowest BCUT2D eigenvalue weighted by molar-refractivity contribution is -0.118. The summed E-state index contributed by atoms with van der Waals surface area (Å²) < 4.78 is 44.3. The van der Waals surface area contributed by atoms with Crippen LogP contribution in [0.2, 0.25) is 0 Å². The lowest BCUT2D eigenvalue weighted by atomic mass is 10.1. The molecule has 180 valence electrons. The number of halogens is 1. The van der Waals surface area contributed by atoms with Crippen molar-refractivity contribution in [3.63, 3.8) is 0 Å². The molecule has 2 aromatic carbocycles. The molecule has 1 fully saturated rings. The Morgan fingerprint density at radius 3 is 2.53 bits per heavy atom. The lowest BCUT2D eigenvalue weighted by Crippen LogP contribution is -2.41. The van der Waals surface area contributed by atoms with E-state index in [2.05, 4.69) is 10.4 Å². The molecule has 1 unspecified atom stereocenters. The molecule has 4 rings (SSSR count). The van der Waals surface area contributed by atoms with Gasteiger partial charge >= 0.3 is 0 Å². The predicted octanol–water partition coefficient (Wildman–Crippen LogP) is 2.96. The van der Waals surface area contributed by atoms with Gasteiger partial charge < -0.3 is 10.1 Å². The number of sulfone groups is 1. The first-order chi connectivity index (χ1) is 16.2. The molecule has 1 aromatic heterocycles. The molecule has 0 bridgehead atoms. The van der Waals surface area contributed by atoms with Crippen LogP contribution in [0.25, 0.3) is 5.69 Å². The fourth-order valence-electron chi connectivity index (χ4n) is 4.08. The van der Waals surface area contributed by atoms with Crippen molar-refractivity contribution in [1.82, 2.24) is 14.7 Å². The highest BCUT2D eigenvalue weighted by molar-refractivity contribution is 7.91. The molecule has 1 N–H and O–H groups in total. The molecule has 1 atom stereocenters. The number of aryl methyl sites for hydroxylation is 1. The van der Waals surface area contributed by atoms with Crippen LogP contribution in [0, 0.1) is 12.7 Å². The van der Waals surface area contributed by atoms with Crippen LogP contribution < -0.4 is 10.1 Å². The van der Waals surface area contributed by atoms with E-state index in [-0.39, 0.29) is 35.8 Å². The SMILES string of the molecule is COc1ccc(CN(CC(=O)Nc2cc(C)nn2-c2ccc(F)cc2)C2CCS(=O)(=O)C2)cc1. The first-order valence-electron chi connectivity index (χ1n) is 10.9. The van der Waals surface area contributed by atoms with Crippen molar-refractivity contribution in [1.29, 1.82) is 0 Å². The molecule has 0 aliphatic carbocycles. The minimum Gasteiger partial charge on any atom is -0.497 e. The van der Waals surface area contributed by atoms with Gasteiger partial charge in [0.05, 0.1) is 36.5 Å². The summed E-state index contributed by atoms with van der Waals surface area (Å²) in [6, 6.07) is 14.8. The zero-order valence-electron chi connectivity index (χ0n) is 19.1. The second-order valence-corrected chi connectivity index (χ2v) is 10.6. The second-order valence-electron chi connectivity index (χ2n) is 8.42. The van der Waals surface area contributed by atoms with Gasteiger partial charge in [0.2, 0.25) is 5.91 Å². The summed E-state index contributed by atoms with van der Waals surface area (Å²) in [6.45, 7) is 2.24. The number of ether oxygens (including phenoxy) is 1. The molecule has 0 saturated carbocycles. The smallest absolute Gasteiger partial charge is 0.239 e. The Labute approximate surface area is 198 Å². The zero-order valence-corrected chi connectivity index (χ0v) is 19.9. The molecule has 0 spiro atoms. The monoisotopic (exact) mass is 486 g/mol. The third-order valence-corrected chi connectivity index (χ3v) is 7.54. The van der Waals surface area contributed by atoms with E-state index >= 15 is 0 Å². The van der Waals surface area contributed by atoms with E-state index in [1.54, 1.807) is 36.9 Å². The zero-order chi connectivity index (χ0) is 24.3. The number of aromatic nitrogens is 2. The highest BCUT2D eigenvalue weighted by atomic mass is 32.2. The average Bonchev–Trinajstić information content (AvgIpc) is 3.35. The topological polar surface area (TPSA) is 93.5 Å². The Kier molecular flexibility index (Phi) is 6.99. The van der Waals surface area contributed by atoms with Crippen molar-refractivity contribution in [2.24, 2.45) is 0 Å². The molecule has 8 nitrogen and oxygen atoms in total. The van der Waals surface area contributed by atoms with E-state index in [0.29, 0.717) is 30.2 Å². The number of hydrogen-bond acceptors (Lipinski definition) is 6. The number of amides is 1. The highest BCUT2D eigenvalue weighted by Gasteiger charge is 2.33. The van der Waals surface area contributed by atoms with Crippen LogP contribution in [0.15, 0.2) is 54.6 Å². The van der Waals surface area contributed by atoms with Crippen LogP contribution in [-0.2, 0) is 21.2 Å². The molecular formula is C24H27FN4O4S. The normalized spacial score (nSPS) is 17.1. The maximum absolute atomic E-state index is 13.3. The number of rotatable bonds is 8. The molecule has 1 aliphatic heterocycles. The van der Waals surface area contributed by atoms with Gasteiger partial charge in [-0.2, -0.15) is 5.10 Å².